The van der Waals surface area contributed by atoms with Crippen LogP contribution >= 0.6 is 21.6 Å². The first kappa shape index (κ1) is 12.1. The summed E-state index contributed by atoms with van der Waals surface area (Å²) in [6.45, 7) is 3.38. The van der Waals surface area contributed by atoms with E-state index in [1.807, 2.05) is 6.26 Å². The molecule has 0 fully saturated rings. The molecule has 2 nitrogen and oxygen atoms in total. The molecule has 0 radical (unpaired) electrons. The molecule has 0 N–H and O–H groups in total. The van der Waals surface area contributed by atoms with Gasteiger partial charge in [-0.25, -0.2) is 8.42 Å². The van der Waals surface area contributed by atoms with E-state index >= 15 is 0 Å². The van der Waals surface area contributed by atoms with Crippen LogP contribution in [0.2, 0.25) is 0 Å². The van der Waals surface area contributed by atoms with Crippen LogP contribution in [0.1, 0.15) is 0 Å². The van der Waals surface area contributed by atoms with Crippen LogP contribution in [0.4, 0.5) is 0 Å². The summed E-state index contributed by atoms with van der Waals surface area (Å²) in [5.74, 6) is 0.161. The van der Waals surface area contributed by atoms with Crippen LogP contribution in [0.25, 0.3) is 0 Å². The first-order valence-corrected chi connectivity index (χ1v) is 7.72. The highest BCUT2D eigenvalue weighted by Crippen LogP contribution is 2.17. The van der Waals surface area contributed by atoms with Gasteiger partial charge in [-0.2, -0.15) is 0 Å². The molecule has 0 unspecified atom stereocenters. The average molecular weight is 224 g/mol. The molecule has 0 aliphatic heterocycles. The van der Waals surface area contributed by atoms with Crippen molar-refractivity contribution in [2.45, 2.75) is 0 Å². The predicted octanol–water partition coefficient (Wildman–Crippen LogP) is 2.11. The van der Waals surface area contributed by atoms with Gasteiger partial charge in [0, 0.05) is 0 Å². The molecule has 0 saturated heterocycles. The molecule has 70 valence electrons. The third-order valence-corrected chi connectivity index (χ3v) is 3.82. The summed E-state index contributed by atoms with van der Waals surface area (Å²) in [5, 5.41) is 1.78. The van der Waals surface area contributed by atoms with Crippen molar-refractivity contribution in [3.63, 3.8) is 0 Å². The maximum absolute atomic E-state index is 11.1. The van der Waals surface area contributed by atoms with Gasteiger partial charge in [-0.15, -0.1) is 6.58 Å². The maximum Gasteiger partial charge on any atom is 0.157 e. The molecule has 0 amide bonds. The van der Waals surface area contributed by atoms with Gasteiger partial charge in [-0.1, -0.05) is 33.7 Å². The van der Waals surface area contributed by atoms with Crippen LogP contribution in [0.3, 0.4) is 0 Å². The zero-order valence-corrected chi connectivity index (χ0v) is 9.34. The van der Waals surface area contributed by atoms with Crippen molar-refractivity contribution in [2.24, 2.45) is 0 Å². The van der Waals surface area contributed by atoms with Crippen LogP contribution in [0.5, 0.6) is 0 Å². The monoisotopic (exact) mass is 224 g/mol. The van der Waals surface area contributed by atoms with Gasteiger partial charge in [0.1, 0.15) is 0 Å². The molecule has 0 aromatic carbocycles. The van der Waals surface area contributed by atoms with Crippen LogP contribution in [-0.4, -0.2) is 26.2 Å². The van der Waals surface area contributed by atoms with E-state index in [-0.39, 0.29) is 11.5 Å². The highest BCUT2D eigenvalue weighted by Gasteiger charge is 2.03. The molecule has 0 saturated carbocycles. The minimum atomic E-state index is -2.94. The van der Waals surface area contributed by atoms with Crippen LogP contribution in [0, 0.1) is 0 Å². The Kier molecular flexibility index (Phi) is 6.70. The molecular weight excluding hydrogens is 212 g/mol. The summed E-state index contributed by atoms with van der Waals surface area (Å²) in [6.07, 6.45) is 5.00. The highest BCUT2D eigenvalue weighted by atomic mass is 33.1. The maximum atomic E-state index is 11.1. The smallest absolute Gasteiger partial charge is 0.157 e. The Hall–Kier alpha value is 0.130. The Morgan fingerprint density at radius 3 is 2.58 bits per heavy atom. The molecular formula is C7H12O2S3. The largest absolute Gasteiger partial charge is 0.228 e. The van der Waals surface area contributed by atoms with Gasteiger partial charge < -0.3 is 0 Å². The second-order valence-corrected chi connectivity index (χ2v) is 6.53. The summed E-state index contributed by atoms with van der Waals surface area (Å²) in [6, 6.07) is 0. The molecule has 0 heterocycles. The standard InChI is InChI=1S/C7H12O2S3/c1-3-6-12(8,9)7-4-5-11-10-2/h3-5H,1,6-7H2,2H3/b5-4+. The number of sulfone groups is 1. The van der Waals surface area contributed by atoms with Crippen molar-refractivity contribution >= 4 is 31.4 Å². The Balaban J connectivity index is 3.83. The van der Waals surface area contributed by atoms with Crippen LogP contribution < -0.4 is 0 Å². The second-order valence-electron chi connectivity index (χ2n) is 2.00. The molecule has 0 aliphatic carbocycles. The number of hydrogen-bond acceptors (Lipinski definition) is 4. The fourth-order valence-electron chi connectivity index (χ4n) is 0.528. The fourth-order valence-corrected chi connectivity index (χ4v) is 2.39. The molecule has 0 spiro atoms. The van der Waals surface area contributed by atoms with Crippen molar-refractivity contribution < 1.29 is 8.42 Å². The SMILES string of the molecule is C=CCS(=O)(=O)C/C=C/SSC. The van der Waals surface area contributed by atoms with E-state index in [0.717, 1.165) is 0 Å². The molecule has 0 aliphatic rings. The van der Waals surface area contributed by atoms with Crippen molar-refractivity contribution in [1.29, 1.82) is 0 Å². The lowest BCUT2D eigenvalue weighted by Gasteiger charge is -1.93. The lowest BCUT2D eigenvalue weighted by Crippen LogP contribution is -2.06. The van der Waals surface area contributed by atoms with Crippen molar-refractivity contribution in [3.05, 3.63) is 24.1 Å². The summed E-state index contributed by atoms with van der Waals surface area (Å²) in [7, 11) is 0.154. The lowest BCUT2D eigenvalue weighted by atomic mass is 10.7. The van der Waals surface area contributed by atoms with Gasteiger partial charge in [-0.05, 0) is 11.7 Å². The molecule has 12 heavy (non-hydrogen) atoms. The van der Waals surface area contributed by atoms with Gasteiger partial charge in [0.15, 0.2) is 9.84 Å². The molecule has 0 rings (SSSR count). The van der Waals surface area contributed by atoms with E-state index in [9.17, 15) is 8.42 Å². The Bertz CT molecular complexity index is 241. The second kappa shape index (κ2) is 6.62. The average Bonchev–Trinajstić information content (AvgIpc) is 1.98. The number of hydrogen-bond donors (Lipinski definition) is 0. The van der Waals surface area contributed by atoms with Crippen LogP contribution in [-0.2, 0) is 9.84 Å². The first-order chi connectivity index (χ1) is 5.62. The summed E-state index contributed by atoms with van der Waals surface area (Å²) in [4.78, 5) is 0. The van der Waals surface area contributed by atoms with E-state index in [2.05, 4.69) is 6.58 Å². The quantitative estimate of drug-likeness (QED) is 0.511. The molecule has 0 atom stereocenters. The third-order valence-electron chi connectivity index (χ3n) is 0.970. The fraction of sp³-hybridized carbons (Fsp3) is 0.429. The van der Waals surface area contributed by atoms with Gasteiger partial charge in [0.2, 0.25) is 0 Å². The van der Waals surface area contributed by atoms with Gasteiger partial charge >= 0.3 is 0 Å². The van der Waals surface area contributed by atoms with Gasteiger partial charge in [0.05, 0.1) is 11.5 Å². The summed E-state index contributed by atoms with van der Waals surface area (Å²) < 4.78 is 22.1. The van der Waals surface area contributed by atoms with Crippen molar-refractivity contribution in [3.8, 4) is 0 Å². The van der Waals surface area contributed by atoms with Crippen LogP contribution in [0.15, 0.2) is 24.1 Å². The predicted molar refractivity (Wildman–Crippen MR) is 59.1 cm³/mol. The highest BCUT2D eigenvalue weighted by molar-refractivity contribution is 8.77. The van der Waals surface area contributed by atoms with E-state index in [4.69, 9.17) is 0 Å². The molecule has 0 bridgehead atoms. The van der Waals surface area contributed by atoms with E-state index in [1.54, 1.807) is 22.3 Å². The lowest BCUT2D eigenvalue weighted by molar-refractivity contribution is 0.602. The molecule has 0 aromatic rings. The Labute approximate surface area is 81.8 Å². The number of rotatable bonds is 6. The summed E-state index contributed by atoms with van der Waals surface area (Å²) >= 11 is 0. The summed E-state index contributed by atoms with van der Waals surface area (Å²) in [5.41, 5.74) is 0. The van der Waals surface area contributed by atoms with Gasteiger partial charge in [0.25, 0.3) is 0 Å². The molecule has 5 heteroatoms. The third kappa shape index (κ3) is 6.82. The van der Waals surface area contributed by atoms with Crippen molar-refractivity contribution in [2.75, 3.05) is 17.8 Å². The van der Waals surface area contributed by atoms with E-state index < -0.39 is 9.84 Å². The first-order valence-electron chi connectivity index (χ1n) is 3.28. The normalized spacial score (nSPS) is 12.1. The van der Waals surface area contributed by atoms with Crippen molar-refractivity contribution in [1.82, 2.24) is 0 Å². The van der Waals surface area contributed by atoms with Gasteiger partial charge in [-0.3, -0.25) is 0 Å². The van der Waals surface area contributed by atoms with E-state index in [0.29, 0.717) is 0 Å². The zero-order valence-electron chi connectivity index (χ0n) is 6.89. The Morgan fingerprint density at radius 2 is 2.08 bits per heavy atom. The topological polar surface area (TPSA) is 34.1 Å². The van der Waals surface area contributed by atoms with E-state index in [1.165, 1.54) is 16.9 Å². The molecule has 0 aromatic heterocycles. The minimum Gasteiger partial charge on any atom is -0.228 e. The minimum absolute atomic E-state index is 0.0568. The Morgan fingerprint density at radius 1 is 1.42 bits per heavy atom. The zero-order chi connectivity index (χ0) is 9.45.